The molecule has 0 saturated carbocycles. The van der Waals surface area contributed by atoms with Gasteiger partial charge in [-0.2, -0.15) is 0 Å². The molecule has 0 amide bonds. The van der Waals surface area contributed by atoms with Crippen molar-refractivity contribution in [1.82, 2.24) is 0 Å². The SMILES string of the molecule is FC1(F)CC=Cc2ccccc21. The minimum Gasteiger partial charge on any atom is -0.201 e. The molecule has 1 aliphatic carbocycles. The highest BCUT2D eigenvalue weighted by Crippen LogP contribution is 2.37. The molecule has 0 radical (unpaired) electrons. The molecule has 0 aromatic heterocycles. The minimum absolute atomic E-state index is 0.146. The first kappa shape index (κ1) is 7.47. The Morgan fingerprint density at radius 3 is 2.67 bits per heavy atom. The van der Waals surface area contributed by atoms with Crippen LogP contribution in [-0.4, -0.2) is 0 Å². The fourth-order valence-corrected chi connectivity index (χ4v) is 1.42. The van der Waals surface area contributed by atoms with Crippen LogP contribution in [0.4, 0.5) is 8.78 Å². The quantitative estimate of drug-likeness (QED) is 0.555. The summed E-state index contributed by atoms with van der Waals surface area (Å²) in [5.41, 5.74) is 0.779. The van der Waals surface area contributed by atoms with Crippen molar-refractivity contribution >= 4 is 6.08 Å². The third kappa shape index (κ3) is 1.04. The Morgan fingerprint density at radius 1 is 1.17 bits per heavy atom. The molecule has 0 N–H and O–H groups in total. The van der Waals surface area contributed by atoms with Gasteiger partial charge in [-0.15, -0.1) is 0 Å². The van der Waals surface area contributed by atoms with Crippen LogP contribution in [0.5, 0.6) is 0 Å². The Bertz CT molecular complexity index is 326. The lowest BCUT2D eigenvalue weighted by atomic mass is 9.94. The zero-order chi connectivity index (χ0) is 8.60. The Kier molecular flexibility index (Phi) is 1.50. The van der Waals surface area contributed by atoms with E-state index in [0.717, 1.165) is 0 Å². The van der Waals surface area contributed by atoms with Crippen molar-refractivity contribution in [3.05, 3.63) is 41.5 Å². The predicted octanol–water partition coefficient (Wildman–Crippen LogP) is 3.20. The van der Waals surface area contributed by atoms with Gasteiger partial charge >= 0.3 is 0 Å². The van der Waals surface area contributed by atoms with Crippen LogP contribution < -0.4 is 0 Å². The van der Waals surface area contributed by atoms with Crippen LogP contribution in [0.2, 0.25) is 0 Å². The van der Waals surface area contributed by atoms with Gasteiger partial charge in [-0.25, -0.2) is 8.78 Å². The first-order chi connectivity index (χ1) is 5.70. The number of halogens is 2. The third-order valence-corrected chi connectivity index (χ3v) is 2.03. The van der Waals surface area contributed by atoms with E-state index in [9.17, 15) is 8.78 Å². The molecule has 2 heteroatoms. The van der Waals surface area contributed by atoms with E-state index in [1.54, 1.807) is 24.3 Å². The molecule has 62 valence electrons. The number of benzene rings is 1. The molecule has 0 saturated heterocycles. The van der Waals surface area contributed by atoms with Gasteiger partial charge in [0.1, 0.15) is 0 Å². The summed E-state index contributed by atoms with van der Waals surface area (Å²) in [5, 5.41) is 0. The molecule has 12 heavy (non-hydrogen) atoms. The highest BCUT2D eigenvalue weighted by Gasteiger charge is 2.33. The van der Waals surface area contributed by atoms with E-state index in [-0.39, 0.29) is 12.0 Å². The second-order valence-corrected chi connectivity index (χ2v) is 2.90. The fourth-order valence-electron chi connectivity index (χ4n) is 1.42. The molecule has 1 aromatic rings. The van der Waals surface area contributed by atoms with Gasteiger partial charge in [0.2, 0.25) is 0 Å². The highest BCUT2D eigenvalue weighted by atomic mass is 19.3. The lowest BCUT2D eigenvalue weighted by molar-refractivity contribution is -0.00222. The van der Waals surface area contributed by atoms with Crippen LogP contribution in [0.15, 0.2) is 30.3 Å². The number of alkyl halides is 2. The van der Waals surface area contributed by atoms with Gasteiger partial charge in [-0.05, 0) is 5.56 Å². The molecular weight excluding hydrogens is 158 g/mol. The number of fused-ring (bicyclic) bond motifs is 1. The Morgan fingerprint density at radius 2 is 1.92 bits per heavy atom. The molecule has 0 fully saturated rings. The molecular formula is C10H8F2. The molecule has 0 unspecified atom stereocenters. The van der Waals surface area contributed by atoms with Crippen molar-refractivity contribution in [2.75, 3.05) is 0 Å². The molecule has 0 bridgehead atoms. The summed E-state index contributed by atoms with van der Waals surface area (Å²) in [7, 11) is 0. The monoisotopic (exact) mass is 166 g/mol. The van der Waals surface area contributed by atoms with Crippen LogP contribution in [0.3, 0.4) is 0 Å². The summed E-state index contributed by atoms with van der Waals surface area (Å²) in [6, 6.07) is 6.61. The van der Waals surface area contributed by atoms with Crippen molar-refractivity contribution in [3.8, 4) is 0 Å². The zero-order valence-corrected chi connectivity index (χ0v) is 6.43. The molecule has 0 nitrogen and oxygen atoms in total. The van der Waals surface area contributed by atoms with Crippen LogP contribution in [-0.2, 0) is 5.92 Å². The topological polar surface area (TPSA) is 0 Å². The van der Waals surface area contributed by atoms with E-state index in [1.165, 1.54) is 12.1 Å². The standard InChI is InChI=1S/C10H8F2/c11-10(12)7-3-5-8-4-1-2-6-9(8)10/h1-6H,7H2. The predicted molar refractivity (Wildman–Crippen MR) is 44.0 cm³/mol. The molecule has 0 spiro atoms. The molecule has 1 aromatic carbocycles. The van der Waals surface area contributed by atoms with Gasteiger partial charge in [0, 0.05) is 12.0 Å². The van der Waals surface area contributed by atoms with E-state index in [4.69, 9.17) is 0 Å². The average Bonchev–Trinajstić information content (AvgIpc) is 2.04. The fraction of sp³-hybridized carbons (Fsp3) is 0.200. The van der Waals surface area contributed by atoms with Crippen molar-refractivity contribution in [2.45, 2.75) is 12.3 Å². The summed E-state index contributed by atoms with van der Waals surface area (Å²) in [5.74, 6) is -2.68. The number of allylic oxidation sites excluding steroid dienone is 1. The van der Waals surface area contributed by atoms with Crippen LogP contribution in [0.25, 0.3) is 6.08 Å². The second kappa shape index (κ2) is 2.41. The van der Waals surface area contributed by atoms with Gasteiger partial charge in [0.15, 0.2) is 0 Å². The van der Waals surface area contributed by atoms with E-state index in [1.807, 2.05) is 0 Å². The largest absolute Gasteiger partial charge is 0.277 e. The molecule has 1 aliphatic rings. The number of rotatable bonds is 0. The van der Waals surface area contributed by atoms with Crippen molar-refractivity contribution in [1.29, 1.82) is 0 Å². The number of hydrogen-bond donors (Lipinski definition) is 0. The van der Waals surface area contributed by atoms with E-state index in [0.29, 0.717) is 5.56 Å². The zero-order valence-electron chi connectivity index (χ0n) is 6.43. The van der Waals surface area contributed by atoms with Crippen LogP contribution >= 0.6 is 0 Å². The van der Waals surface area contributed by atoms with Gasteiger partial charge in [0.25, 0.3) is 5.92 Å². The van der Waals surface area contributed by atoms with E-state index >= 15 is 0 Å². The highest BCUT2D eigenvalue weighted by molar-refractivity contribution is 5.57. The van der Waals surface area contributed by atoms with Crippen LogP contribution in [0, 0.1) is 0 Å². The maximum Gasteiger partial charge on any atom is 0.277 e. The first-order valence-electron chi connectivity index (χ1n) is 3.84. The summed E-state index contributed by atoms with van der Waals surface area (Å²) in [6.45, 7) is 0. The third-order valence-electron chi connectivity index (χ3n) is 2.03. The molecule has 0 heterocycles. The van der Waals surface area contributed by atoms with Crippen molar-refractivity contribution in [3.63, 3.8) is 0 Å². The van der Waals surface area contributed by atoms with Crippen molar-refractivity contribution in [2.24, 2.45) is 0 Å². The summed E-state index contributed by atoms with van der Waals surface area (Å²) < 4.78 is 26.3. The molecule has 0 aliphatic heterocycles. The van der Waals surface area contributed by atoms with Crippen LogP contribution in [0.1, 0.15) is 17.5 Å². The number of hydrogen-bond acceptors (Lipinski definition) is 0. The Hall–Kier alpha value is -1.18. The van der Waals surface area contributed by atoms with Gasteiger partial charge in [-0.3, -0.25) is 0 Å². The van der Waals surface area contributed by atoms with Gasteiger partial charge in [-0.1, -0.05) is 36.4 Å². The summed E-state index contributed by atoms with van der Waals surface area (Å²) in [4.78, 5) is 0. The van der Waals surface area contributed by atoms with E-state index < -0.39 is 5.92 Å². The van der Waals surface area contributed by atoms with Crippen molar-refractivity contribution < 1.29 is 8.78 Å². The molecule has 0 atom stereocenters. The van der Waals surface area contributed by atoms with Gasteiger partial charge in [0.05, 0.1) is 0 Å². The van der Waals surface area contributed by atoms with E-state index in [2.05, 4.69) is 0 Å². The Labute approximate surface area is 69.5 Å². The smallest absolute Gasteiger partial charge is 0.201 e. The summed E-state index contributed by atoms with van der Waals surface area (Å²) >= 11 is 0. The lowest BCUT2D eigenvalue weighted by Crippen LogP contribution is -2.15. The first-order valence-corrected chi connectivity index (χ1v) is 3.84. The molecule has 2 rings (SSSR count). The summed E-state index contributed by atoms with van der Waals surface area (Å²) in [6.07, 6.45) is 3.08. The Balaban J connectivity index is 2.60. The minimum atomic E-state index is -2.68. The van der Waals surface area contributed by atoms with Gasteiger partial charge < -0.3 is 0 Å². The maximum atomic E-state index is 13.1. The second-order valence-electron chi connectivity index (χ2n) is 2.90. The normalized spacial score (nSPS) is 18.8. The maximum absolute atomic E-state index is 13.1. The average molecular weight is 166 g/mol. The lowest BCUT2D eigenvalue weighted by Gasteiger charge is -2.20.